The largest absolute Gasteiger partial charge is 0.329 e. The van der Waals surface area contributed by atoms with Gasteiger partial charge in [0.2, 0.25) is 0 Å². The van der Waals surface area contributed by atoms with Crippen molar-refractivity contribution in [3.63, 3.8) is 0 Å². The Morgan fingerprint density at radius 3 is 1.78 bits per heavy atom. The van der Waals surface area contributed by atoms with Crippen LogP contribution in [0, 0.1) is 5.92 Å². The molecule has 1 aliphatic carbocycles. The van der Waals surface area contributed by atoms with Crippen LogP contribution in [0.25, 0.3) is 0 Å². The second-order valence-electron chi connectivity index (χ2n) is 7.83. The van der Waals surface area contributed by atoms with Gasteiger partial charge in [-0.2, -0.15) is 0 Å². The van der Waals surface area contributed by atoms with Crippen molar-refractivity contribution in [2.24, 2.45) is 5.92 Å². The number of hydrogen-bond donors (Lipinski definition) is 1. The maximum Gasteiger partial charge on any atom is 0.148 e. The minimum Gasteiger partial charge on any atom is -0.329 e. The minimum absolute atomic E-state index is 0. The monoisotopic (exact) mass is 367 g/mol. The summed E-state index contributed by atoms with van der Waals surface area (Å²) in [7, 11) is -1.53. The van der Waals surface area contributed by atoms with Gasteiger partial charge in [-0.3, -0.25) is 0 Å². The number of hydrogen-bond acceptors (Lipinski definition) is 1. The summed E-state index contributed by atoms with van der Waals surface area (Å²) >= 11 is 0. The van der Waals surface area contributed by atoms with Crippen LogP contribution in [0.2, 0.25) is 13.1 Å². The molecule has 0 saturated heterocycles. The fraction of sp³-hybridized carbons (Fsp3) is 0.600. The molecule has 1 unspecified atom stereocenters. The molecule has 130 valence electrons. The zero-order valence-electron chi connectivity index (χ0n) is 17.0. The average molecular weight is 367 g/mol. The Kier molecular flexibility index (Phi) is 10.9. The Morgan fingerprint density at radius 2 is 1.57 bits per heavy atom. The third-order valence-corrected chi connectivity index (χ3v) is 7.86. The van der Waals surface area contributed by atoms with Gasteiger partial charge < -0.3 is 4.98 Å². The molecule has 0 radical (unpaired) electrons. The van der Waals surface area contributed by atoms with Gasteiger partial charge in [0.25, 0.3) is 0 Å². The molecule has 0 heterocycles. The molecule has 0 fully saturated rings. The van der Waals surface area contributed by atoms with Crippen LogP contribution < -0.4 is 4.98 Å². The first-order chi connectivity index (χ1) is 9.89. The van der Waals surface area contributed by atoms with Gasteiger partial charge in [0.05, 0.1) is 0 Å². The van der Waals surface area contributed by atoms with Crippen LogP contribution in [0.4, 0.5) is 0 Å². The number of rotatable bonds is 3. The molecular weight excluding hydrogens is 330 g/mol. The van der Waals surface area contributed by atoms with Crippen molar-refractivity contribution < 1.29 is 21.7 Å². The Labute approximate surface area is 161 Å². The van der Waals surface area contributed by atoms with E-state index in [1.165, 1.54) is 5.57 Å². The molecule has 1 nitrogen and oxygen atoms in total. The number of nitrogens with one attached hydrogen (secondary N) is 1. The van der Waals surface area contributed by atoms with E-state index in [4.69, 9.17) is 0 Å². The fourth-order valence-electron chi connectivity index (χ4n) is 3.51. The number of allylic oxidation sites excluding steroid dienone is 7. The van der Waals surface area contributed by atoms with Crippen molar-refractivity contribution in [2.75, 3.05) is 0 Å². The van der Waals surface area contributed by atoms with Crippen molar-refractivity contribution in [1.29, 1.82) is 0 Å². The van der Waals surface area contributed by atoms with Crippen LogP contribution in [-0.2, 0) is 21.7 Å². The third kappa shape index (κ3) is 7.51. The van der Waals surface area contributed by atoms with Gasteiger partial charge in [-0.05, 0) is 60.0 Å². The van der Waals surface area contributed by atoms with Crippen LogP contribution >= 0.6 is 0 Å². The molecule has 0 aliphatic heterocycles. The van der Waals surface area contributed by atoms with E-state index in [1.54, 1.807) is 22.4 Å². The maximum absolute atomic E-state index is 3.89. The topological polar surface area (TPSA) is 12.0 Å². The predicted molar refractivity (Wildman–Crippen MR) is 106 cm³/mol. The van der Waals surface area contributed by atoms with Crippen molar-refractivity contribution in [3.05, 3.63) is 46.7 Å². The minimum atomic E-state index is -1.53. The van der Waals surface area contributed by atoms with Crippen LogP contribution in [0.1, 0.15) is 55.4 Å². The van der Waals surface area contributed by atoms with Crippen LogP contribution in [0.5, 0.6) is 0 Å². The Hall–Kier alpha value is -0.149. The molecule has 0 aromatic heterocycles. The zero-order valence-corrected chi connectivity index (χ0v) is 19.6. The van der Waals surface area contributed by atoms with Crippen LogP contribution in [0.15, 0.2) is 46.7 Å². The second kappa shape index (κ2) is 9.98. The molecule has 1 atom stereocenters. The first-order valence-electron chi connectivity index (χ1n) is 8.31. The summed E-state index contributed by atoms with van der Waals surface area (Å²) in [5.41, 5.74) is 4.83. The van der Waals surface area contributed by atoms with Crippen molar-refractivity contribution in [3.8, 4) is 0 Å². The van der Waals surface area contributed by atoms with Crippen molar-refractivity contribution in [1.82, 2.24) is 4.98 Å². The van der Waals surface area contributed by atoms with Gasteiger partial charge >= 0.3 is 0 Å². The Morgan fingerprint density at radius 1 is 1.09 bits per heavy atom. The quantitative estimate of drug-likeness (QED) is 0.465. The summed E-state index contributed by atoms with van der Waals surface area (Å²) in [4.78, 5) is 3.89. The first kappa shape index (κ1) is 25.1. The fourth-order valence-corrected chi connectivity index (χ4v) is 7.95. The Balaban J connectivity index is 0. The smallest absolute Gasteiger partial charge is 0.148 e. The van der Waals surface area contributed by atoms with Gasteiger partial charge in [-0.1, -0.05) is 61.2 Å². The standard InChI is InChI=1S/C15H29NSi.C5H8.Ti/c1-10-11(2)13(4)14(12(10)3)17(8,9)16-15(5,6)7;1-3-5-4-2;/h12,16H,1-9H3;3-5H,1H2,2H3;/b;5-4+;. The van der Waals surface area contributed by atoms with E-state index < -0.39 is 8.24 Å². The van der Waals surface area contributed by atoms with E-state index >= 15 is 0 Å². The van der Waals surface area contributed by atoms with Gasteiger partial charge in [0.1, 0.15) is 8.24 Å². The molecule has 1 N–H and O–H groups in total. The molecule has 0 saturated carbocycles. The van der Waals surface area contributed by atoms with Gasteiger partial charge in [-0.15, -0.1) is 0 Å². The summed E-state index contributed by atoms with van der Waals surface area (Å²) < 4.78 is 0. The van der Waals surface area contributed by atoms with Crippen molar-refractivity contribution >= 4 is 8.24 Å². The summed E-state index contributed by atoms with van der Waals surface area (Å²) in [6.45, 7) is 26.3. The first-order valence-corrected chi connectivity index (χ1v) is 11.3. The summed E-state index contributed by atoms with van der Waals surface area (Å²) in [5, 5.41) is 1.70. The van der Waals surface area contributed by atoms with E-state index in [2.05, 4.69) is 73.1 Å². The molecule has 1 aliphatic rings. The molecule has 0 aromatic rings. The van der Waals surface area contributed by atoms with Crippen LogP contribution in [0.3, 0.4) is 0 Å². The third-order valence-electron chi connectivity index (χ3n) is 4.33. The molecular formula is C20H37NSiTi. The van der Waals surface area contributed by atoms with E-state index in [-0.39, 0.29) is 27.3 Å². The van der Waals surface area contributed by atoms with Crippen LogP contribution in [-0.4, -0.2) is 13.8 Å². The molecule has 3 heteroatoms. The molecule has 0 spiro atoms. The van der Waals surface area contributed by atoms with E-state index in [0.29, 0.717) is 5.92 Å². The second-order valence-corrected chi connectivity index (χ2v) is 11.9. The predicted octanol–water partition coefficient (Wildman–Crippen LogP) is 6.17. The summed E-state index contributed by atoms with van der Waals surface area (Å²) in [5.74, 6) is 0.631. The molecule has 0 amide bonds. The van der Waals surface area contributed by atoms with Gasteiger partial charge in [0.15, 0.2) is 0 Å². The summed E-state index contributed by atoms with van der Waals surface area (Å²) in [6.07, 6.45) is 5.58. The average Bonchev–Trinajstić information content (AvgIpc) is 2.53. The van der Waals surface area contributed by atoms with Crippen molar-refractivity contribution in [2.45, 2.75) is 74.0 Å². The zero-order chi connectivity index (χ0) is 17.7. The molecule has 23 heavy (non-hydrogen) atoms. The summed E-state index contributed by atoms with van der Waals surface area (Å²) in [6, 6.07) is 0. The van der Waals surface area contributed by atoms with E-state index in [9.17, 15) is 0 Å². The maximum atomic E-state index is 3.89. The van der Waals surface area contributed by atoms with Gasteiger partial charge in [0, 0.05) is 27.3 Å². The SMILES string of the molecule is C=C/C=C/C.CC1=C(C)C(C)C([Si](C)(C)NC(C)(C)C)=C1C.[Ti]. The molecule has 0 bridgehead atoms. The molecule has 1 rings (SSSR count). The Bertz CT molecular complexity index is 490. The van der Waals surface area contributed by atoms with E-state index in [1.807, 2.05) is 19.1 Å². The molecule has 0 aromatic carbocycles. The van der Waals surface area contributed by atoms with E-state index in [0.717, 1.165) is 0 Å². The van der Waals surface area contributed by atoms with Gasteiger partial charge in [-0.25, -0.2) is 0 Å². The normalized spacial score (nSPS) is 18.8.